The van der Waals surface area contributed by atoms with Crippen LogP contribution in [-0.2, 0) is 6.54 Å². The van der Waals surface area contributed by atoms with E-state index in [0.717, 1.165) is 28.1 Å². The normalized spacial score (nSPS) is 16.2. The van der Waals surface area contributed by atoms with Crippen LogP contribution in [0, 0.1) is 5.82 Å². The molecule has 0 saturated heterocycles. The third kappa shape index (κ3) is 3.16. The number of nitrogens with one attached hydrogen (secondary N) is 1. The number of aliphatic hydroxyl groups excluding tert-OH is 1. The van der Waals surface area contributed by atoms with E-state index < -0.39 is 0 Å². The van der Waals surface area contributed by atoms with E-state index in [1.807, 2.05) is 16.8 Å². The standard InChI is InChI=1S/C18H17FN4O.ClH/c19-14-3-1-13(2-4-14)18-17(12-5-7-20-8-6-12)16-10-21-9-15(11-24)23(16)22-18;/h1-8,15,21,24H,9-11H2;1H. The lowest BCUT2D eigenvalue weighted by Gasteiger charge is -2.24. The van der Waals surface area contributed by atoms with Gasteiger partial charge in [0.15, 0.2) is 0 Å². The van der Waals surface area contributed by atoms with Gasteiger partial charge in [-0.1, -0.05) is 0 Å². The molecular formula is C18H18ClFN4O. The number of benzene rings is 1. The molecule has 1 aromatic carbocycles. The number of pyridine rings is 1. The molecule has 0 radical (unpaired) electrons. The first-order chi connectivity index (χ1) is 11.8. The number of aromatic nitrogens is 3. The second-order valence-corrected chi connectivity index (χ2v) is 5.82. The molecule has 0 amide bonds. The molecular weight excluding hydrogens is 343 g/mol. The Hall–Kier alpha value is -2.28. The SMILES string of the molecule is Cl.OCC1CNCc2c(-c3ccncc3)c(-c3ccc(F)cc3)nn21. The zero-order valence-electron chi connectivity index (χ0n) is 13.4. The molecule has 3 aromatic rings. The summed E-state index contributed by atoms with van der Waals surface area (Å²) >= 11 is 0. The van der Waals surface area contributed by atoms with Gasteiger partial charge in [-0.2, -0.15) is 5.10 Å². The zero-order valence-corrected chi connectivity index (χ0v) is 14.2. The van der Waals surface area contributed by atoms with Crippen LogP contribution in [0.2, 0.25) is 0 Å². The van der Waals surface area contributed by atoms with Crippen LogP contribution in [0.3, 0.4) is 0 Å². The molecule has 1 aliphatic heterocycles. The molecule has 25 heavy (non-hydrogen) atoms. The van der Waals surface area contributed by atoms with E-state index >= 15 is 0 Å². The third-order valence-electron chi connectivity index (χ3n) is 4.33. The van der Waals surface area contributed by atoms with Gasteiger partial charge in [-0.3, -0.25) is 9.67 Å². The third-order valence-corrected chi connectivity index (χ3v) is 4.33. The van der Waals surface area contributed by atoms with Crippen LogP contribution in [0.5, 0.6) is 0 Å². The highest BCUT2D eigenvalue weighted by Gasteiger charge is 2.27. The average molecular weight is 361 g/mol. The number of halogens is 2. The van der Waals surface area contributed by atoms with Gasteiger partial charge in [0, 0.05) is 36.6 Å². The number of rotatable bonds is 3. The lowest BCUT2D eigenvalue weighted by molar-refractivity contribution is 0.200. The largest absolute Gasteiger partial charge is 0.394 e. The minimum Gasteiger partial charge on any atom is -0.394 e. The van der Waals surface area contributed by atoms with Crippen molar-refractivity contribution in [2.45, 2.75) is 12.6 Å². The van der Waals surface area contributed by atoms with Crippen molar-refractivity contribution in [1.29, 1.82) is 0 Å². The molecule has 3 heterocycles. The smallest absolute Gasteiger partial charge is 0.123 e. The maximum Gasteiger partial charge on any atom is 0.123 e. The van der Waals surface area contributed by atoms with E-state index in [0.29, 0.717) is 13.1 Å². The van der Waals surface area contributed by atoms with Crippen LogP contribution in [-0.4, -0.2) is 33.0 Å². The minimum absolute atomic E-state index is 0. The quantitative estimate of drug-likeness (QED) is 0.754. The maximum atomic E-state index is 13.3. The van der Waals surface area contributed by atoms with Crippen LogP contribution in [0.1, 0.15) is 11.7 Å². The first-order valence-electron chi connectivity index (χ1n) is 7.87. The molecule has 0 fully saturated rings. The Bertz CT molecular complexity index is 852. The van der Waals surface area contributed by atoms with E-state index in [1.165, 1.54) is 12.1 Å². The number of fused-ring (bicyclic) bond motifs is 1. The monoisotopic (exact) mass is 360 g/mol. The number of hydrogen-bond acceptors (Lipinski definition) is 4. The van der Waals surface area contributed by atoms with E-state index in [4.69, 9.17) is 5.10 Å². The highest BCUT2D eigenvalue weighted by Crippen LogP contribution is 2.36. The molecule has 2 N–H and O–H groups in total. The summed E-state index contributed by atoms with van der Waals surface area (Å²) in [5, 5.41) is 17.7. The fraction of sp³-hybridized carbons (Fsp3) is 0.222. The summed E-state index contributed by atoms with van der Waals surface area (Å²) in [7, 11) is 0. The molecule has 130 valence electrons. The van der Waals surface area contributed by atoms with Gasteiger partial charge < -0.3 is 10.4 Å². The van der Waals surface area contributed by atoms with E-state index in [1.54, 1.807) is 24.5 Å². The van der Waals surface area contributed by atoms with Crippen molar-refractivity contribution in [2.24, 2.45) is 0 Å². The predicted octanol–water partition coefficient (Wildman–Crippen LogP) is 2.81. The highest BCUT2D eigenvalue weighted by atomic mass is 35.5. The Morgan fingerprint density at radius 1 is 1.12 bits per heavy atom. The zero-order chi connectivity index (χ0) is 16.5. The number of nitrogens with zero attached hydrogens (tertiary/aromatic N) is 3. The minimum atomic E-state index is -0.275. The van der Waals surface area contributed by atoms with Crippen molar-refractivity contribution >= 4 is 12.4 Å². The summed E-state index contributed by atoms with van der Waals surface area (Å²) in [6.07, 6.45) is 3.49. The van der Waals surface area contributed by atoms with Gasteiger partial charge in [-0.05, 0) is 42.0 Å². The van der Waals surface area contributed by atoms with Gasteiger partial charge in [-0.25, -0.2) is 4.39 Å². The second-order valence-electron chi connectivity index (χ2n) is 5.82. The van der Waals surface area contributed by atoms with Crippen LogP contribution in [0.4, 0.5) is 4.39 Å². The summed E-state index contributed by atoms with van der Waals surface area (Å²) in [4.78, 5) is 4.08. The molecule has 1 unspecified atom stereocenters. The van der Waals surface area contributed by atoms with Crippen molar-refractivity contribution in [2.75, 3.05) is 13.2 Å². The number of aliphatic hydroxyl groups is 1. The Morgan fingerprint density at radius 2 is 1.84 bits per heavy atom. The van der Waals surface area contributed by atoms with Crippen molar-refractivity contribution in [1.82, 2.24) is 20.1 Å². The molecule has 1 atom stereocenters. The van der Waals surface area contributed by atoms with Crippen LogP contribution >= 0.6 is 12.4 Å². The summed E-state index contributed by atoms with van der Waals surface area (Å²) < 4.78 is 15.2. The average Bonchev–Trinajstić information content (AvgIpc) is 3.02. The summed E-state index contributed by atoms with van der Waals surface area (Å²) in [5.41, 5.74) is 4.66. The van der Waals surface area contributed by atoms with E-state index in [9.17, 15) is 9.50 Å². The highest BCUT2D eigenvalue weighted by molar-refractivity contribution is 5.85. The van der Waals surface area contributed by atoms with Gasteiger partial charge >= 0.3 is 0 Å². The lowest BCUT2D eigenvalue weighted by atomic mass is 9.99. The lowest BCUT2D eigenvalue weighted by Crippen LogP contribution is -2.35. The Morgan fingerprint density at radius 3 is 2.52 bits per heavy atom. The molecule has 0 spiro atoms. The Kier molecular flexibility index (Phi) is 5.13. The van der Waals surface area contributed by atoms with Crippen molar-refractivity contribution in [3.8, 4) is 22.4 Å². The Labute approximate surface area is 150 Å². The van der Waals surface area contributed by atoms with Gasteiger partial charge in [-0.15, -0.1) is 12.4 Å². The molecule has 2 aromatic heterocycles. The van der Waals surface area contributed by atoms with Gasteiger partial charge in [0.1, 0.15) is 11.5 Å². The maximum absolute atomic E-state index is 13.3. The number of hydrogen-bond donors (Lipinski definition) is 2. The Balaban J connectivity index is 0.00000182. The fourth-order valence-corrected chi connectivity index (χ4v) is 3.16. The van der Waals surface area contributed by atoms with Crippen molar-refractivity contribution in [3.05, 3.63) is 60.3 Å². The molecule has 7 heteroatoms. The van der Waals surface area contributed by atoms with Gasteiger partial charge in [0.05, 0.1) is 18.3 Å². The molecule has 4 rings (SSSR count). The van der Waals surface area contributed by atoms with Gasteiger partial charge in [0.2, 0.25) is 0 Å². The second kappa shape index (κ2) is 7.31. The van der Waals surface area contributed by atoms with E-state index in [-0.39, 0.29) is 30.9 Å². The van der Waals surface area contributed by atoms with Gasteiger partial charge in [0.25, 0.3) is 0 Å². The summed E-state index contributed by atoms with van der Waals surface area (Å²) in [6, 6.07) is 10.1. The fourth-order valence-electron chi connectivity index (χ4n) is 3.16. The molecule has 0 bridgehead atoms. The van der Waals surface area contributed by atoms with E-state index in [2.05, 4.69) is 10.3 Å². The molecule has 5 nitrogen and oxygen atoms in total. The predicted molar refractivity (Wildman–Crippen MR) is 95.9 cm³/mol. The molecule has 0 aliphatic carbocycles. The summed E-state index contributed by atoms with van der Waals surface area (Å²) in [5.74, 6) is -0.275. The van der Waals surface area contributed by atoms with Crippen LogP contribution < -0.4 is 5.32 Å². The topological polar surface area (TPSA) is 63.0 Å². The molecule has 0 saturated carbocycles. The van der Waals surface area contributed by atoms with Crippen LogP contribution in [0.25, 0.3) is 22.4 Å². The van der Waals surface area contributed by atoms with Crippen molar-refractivity contribution in [3.63, 3.8) is 0 Å². The van der Waals surface area contributed by atoms with Crippen LogP contribution in [0.15, 0.2) is 48.8 Å². The first kappa shape index (κ1) is 17.5. The molecule has 1 aliphatic rings. The van der Waals surface area contributed by atoms with Crippen molar-refractivity contribution < 1.29 is 9.50 Å². The summed E-state index contributed by atoms with van der Waals surface area (Å²) in [6.45, 7) is 1.35. The first-order valence-corrected chi connectivity index (χ1v) is 7.87.